The maximum Gasteiger partial charge on any atom is 0.0656 e. The molecule has 1 atom stereocenters. The van der Waals surface area contributed by atoms with E-state index in [1.807, 2.05) is 11.3 Å². The molecule has 88 valence electrons. The van der Waals surface area contributed by atoms with Crippen LogP contribution >= 0.6 is 33.9 Å². The van der Waals surface area contributed by atoms with Gasteiger partial charge in [0.2, 0.25) is 0 Å². The number of hydrogen-bond donors (Lipinski definition) is 1. The molecule has 0 aliphatic heterocycles. The number of rotatable bonds is 3. The van der Waals surface area contributed by atoms with Gasteiger partial charge in [-0.3, -0.25) is 0 Å². The Morgan fingerprint density at radius 1 is 1.38 bits per heavy atom. The zero-order valence-corrected chi connectivity index (χ0v) is 12.6. The maximum atomic E-state index is 3.46. The molecule has 0 bridgehead atoms. The second-order valence-corrected chi connectivity index (χ2v) is 7.09. The molecule has 0 aromatic carbocycles. The third-order valence-corrected chi connectivity index (χ3v) is 4.96. The van der Waals surface area contributed by atoms with Crippen molar-refractivity contribution in [2.24, 2.45) is 0 Å². The molecule has 1 unspecified atom stereocenters. The van der Waals surface area contributed by atoms with Crippen LogP contribution in [0.1, 0.15) is 43.7 Å². The topological polar surface area (TPSA) is 12.0 Å². The van der Waals surface area contributed by atoms with E-state index in [9.17, 15) is 0 Å². The molecule has 3 heteroatoms. The van der Waals surface area contributed by atoms with Gasteiger partial charge in [-0.1, -0.05) is 18.1 Å². The summed E-state index contributed by atoms with van der Waals surface area (Å²) in [4.78, 5) is 0. The van der Waals surface area contributed by atoms with Gasteiger partial charge in [0.15, 0.2) is 0 Å². The van der Waals surface area contributed by atoms with Gasteiger partial charge in [-0.25, -0.2) is 0 Å². The summed E-state index contributed by atoms with van der Waals surface area (Å²) in [6.07, 6.45) is 9.08. The van der Waals surface area contributed by atoms with Gasteiger partial charge in [-0.2, -0.15) is 0 Å². The van der Waals surface area contributed by atoms with Crippen molar-refractivity contribution < 1.29 is 0 Å². The van der Waals surface area contributed by atoms with Crippen molar-refractivity contribution in [2.75, 3.05) is 7.05 Å². The fraction of sp³-hybridized carbons (Fsp3) is 0.538. The largest absolute Gasteiger partial charge is 0.310 e. The molecule has 0 saturated heterocycles. The molecule has 1 aromatic heterocycles. The third-order valence-electron chi connectivity index (χ3n) is 3.16. The maximum absolute atomic E-state index is 3.46. The molecule has 0 fully saturated rings. The van der Waals surface area contributed by atoms with Crippen molar-refractivity contribution in [3.8, 4) is 0 Å². The number of thiophene rings is 1. The smallest absolute Gasteiger partial charge is 0.0656 e. The lowest BCUT2D eigenvalue weighted by Crippen LogP contribution is -2.18. The number of nitrogens with one attached hydrogen (secondary N) is 1. The summed E-state index contributed by atoms with van der Waals surface area (Å²) in [6, 6.07) is 2.75. The lowest BCUT2D eigenvalue weighted by Gasteiger charge is -2.18. The molecule has 2 rings (SSSR count). The Labute approximate surface area is 115 Å². The van der Waals surface area contributed by atoms with Crippen molar-refractivity contribution in [1.82, 2.24) is 5.32 Å². The van der Waals surface area contributed by atoms with E-state index in [1.165, 1.54) is 40.6 Å². The van der Waals surface area contributed by atoms with Gasteiger partial charge in [0.1, 0.15) is 0 Å². The zero-order chi connectivity index (χ0) is 11.4. The molecule has 1 N–H and O–H groups in total. The van der Waals surface area contributed by atoms with E-state index in [4.69, 9.17) is 0 Å². The van der Waals surface area contributed by atoms with Crippen LogP contribution in [0.25, 0.3) is 0 Å². The lowest BCUT2D eigenvalue weighted by molar-refractivity contribution is 0.630. The number of allylic oxidation sites excluding steroid dienone is 1. The van der Waals surface area contributed by atoms with Crippen LogP contribution in [-0.2, 0) is 0 Å². The summed E-state index contributed by atoms with van der Waals surface area (Å²) in [5.41, 5.74) is 3.03. The number of halogens is 1. The Morgan fingerprint density at radius 3 is 2.94 bits per heavy atom. The average Bonchev–Trinajstić information content (AvgIpc) is 2.55. The highest BCUT2D eigenvalue weighted by Gasteiger charge is 2.16. The van der Waals surface area contributed by atoms with Crippen molar-refractivity contribution in [3.05, 3.63) is 31.5 Å². The Balaban J connectivity index is 2.18. The van der Waals surface area contributed by atoms with Crippen LogP contribution in [0.5, 0.6) is 0 Å². The second-order valence-electron chi connectivity index (χ2n) is 4.28. The monoisotopic (exact) mass is 347 g/mol. The van der Waals surface area contributed by atoms with E-state index in [2.05, 4.69) is 52.5 Å². The highest BCUT2D eigenvalue weighted by molar-refractivity contribution is 14.1. The highest BCUT2D eigenvalue weighted by Crippen LogP contribution is 2.31. The molecule has 1 aliphatic carbocycles. The minimum atomic E-state index is 0.442. The Hall–Kier alpha value is 0.130. The first-order valence-corrected chi connectivity index (χ1v) is 7.87. The summed E-state index contributed by atoms with van der Waals surface area (Å²) < 4.78 is 1.38. The Kier molecular flexibility index (Phi) is 4.85. The normalized spacial score (nSPS) is 19.0. The first kappa shape index (κ1) is 12.6. The van der Waals surface area contributed by atoms with E-state index < -0.39 is 0 Å². The fourth-order valence-electron chi connectivity index (χ4n) is 2.34. The first-order chi connectivity index (χ1) is 7.81. The molecular formula is C13H18INS. The van der Waals surface area contributed by atoms with Gasteiger partial charge >= 0.3 is 0 Å². The van der Waals surface area contributed by atoms with Gasteiger partial charge in [0.05, 0.1) is 8.93 Å². The van der Waals surface area contributed by atoms with Crippen LogP contribution in [0.4, 0.5) is 0 Å². The predicted molar refractivity (Wildman–Crippen MR) is 80.0 cm³/mol. The van der Waals surface area contributed by atoms with Crippen molar-refractivity contribution >= 4 is 33.9 Å². The first-order valence-electron chi connectivity index (χ1n) is 5.91. The zero-order valence-electron chi connectivity index (χ0n) is 9.63. The van der Waals surface area contributed by atoms with E-state index in [1.54, 1.807) is 5.57 Å². The number of likely N-dealkylation sites (N-methyl/N-ethyl adjacent to an activating group) is 1. The average molecular weight is 347 g/mol. The molecule has 1 aliphatic rings. The lowest BCUT2D eigenvalue weighted by atomic mass is 9.97. The molecule has 0 radical (unpaired) electrons. The predicted octanol–water partition coefficient (Wildman–Crippen LogP) is 4.50. The molecule has 0 saturated carbocycles. The molecular weight excluding hydrogens is 329 g/mol. The molecule has 16 heavy (non-hydrogen) atoms. The SMILES string of the molecule is CNC(C1=CCCCCC1)c1csc(I)c1. The summed E-state index contributed by atoms with van der Waals surface area (Å²) >= 11 is 4.24. The quantitative estimate of drug-likeness (QED) is 0.627. The van der Waals surface area contributed by atoms with Gasteiger partial charge < -0.3 is 5.32 Å². The van der Waals surface area contributed by atoms with Crippen LogP contribution in [0, 0.1) is 2.88 Å². The molecule has 1 nitrogen and oxygen atoms in total. The highest BCUT2D eigenvalue weighted by atomic mass is 127. The Morgan fingerprint density at radius 2 is 2.25 bits per heavy atom. The van der Waals surface area contributed by atoms with Crippen LogP contribution in [-0.4, -0.2) is 7.05 Å². The van der Waals surface area contributed by atoms with Crippen LogP contribution in [0.2, 0.25) is 0 Å². The van der Waals surface area contributed by atoms with E-state index in [0.29, 0.717) is 6.04 Å². The molecule has 0 amide bonds. The van der Waals surface area contributed by atoms with Crippen LogP contribution in [0.15, 0.2) is 23.1 Å². The molecule has 1 heterocycles. The molecule has 0 spiro atoms. The van der Waals surface area contributed by atoms with Gasteiger partial charge in [0.25, 0.3) is 0 Å². The summed E-state index contributed by atoms with van der Waals surface area (Å²) in [5.74, 6) is 0. The van der Waals surface area contributed by atoms with Gasteiger partial charge in [-0.05, 0) is 72.3 Å². The van der Waals surface area contributed by atoms with Crippen LogP contribution in [0.3, 0.4) is 0 Å². The summed E-state index contributed by atoms with van der Waals surface area (Å²) in [6.45, 7) is 0. The number of hydrogen-bond acceptors (Lipinski definition) is 2. The van der Waals surface area contributed by atoms with E-state index >= 15 is 0 Å². The standard InChI is InChI=1S/C13H18INS/c1-15-13(11-8-12(14)16-9-11)10-6-4-2-3-5-7-10/h6,8-9,13,15H,2-5,7H2,1H3. The van der Waals surface area contributed by atoms with Crippen LogP contribution < -0.4 is 5.32 Å². The fourth-order valence-corrected chi connectivity index (χ4v) is 3.74. The summed E-state index contributed by atoms with van der Waals surface area (Å²) in [7, 11) is 2.07. The third kappa shape index (κ3) is 3.08. The second kappa shape index (κ2) is 6.17. The Bertz CT molecular complexity index is 370. The van der Waals surface area contributed by atoms with Gasteiger partial charge in [-0.15, -0.1) is 11.3 Å². The van der Waals surface area contributed by atoms with Crippen molar-refractivity contribution in [2.45, 2.75) is 38.1 Å². The summed E-state index contributed by atoms with van der Waals surface area (Å²) in [5, 5.41) is 5.75. The molecule has 1 aromatic rings. The minimum absolute atomic E-state index is 0.442. The van der Waals surface area contributed by atoms with E-state index in [-0.39, 0.29) is 0 Å². The van der Waals surface area contributed by atoms with Crippen molar-refractivity contribution in [3.63, 3.8) is 0 Å². The van der Waals surface area contributed by atoms with Crippen molar-refractivity contribution in [1.29, 1.82) is 0 Å². The van der Waals surface area contributed by atoms with Gasteiger partial charge in [0, 0.05) is 0 Å². The van der Waals surface area contributed by atoms with E-state index in [0.717, 1.165) is 0 Å². The minimum Gasteiger partial charge on any atom is -0.310 e.